The molecule has 56 heavy (non-hydrogen) atoms. The van der Waals surface area contributed by atoms with Crippen LogP contribution < -0.4 is 5.32 Å². The summed E-state index contributed by atoms with van der Waals surface area (Å²) in [6, 6.07) is 54.1. The van der Waals surface area contributed by atoms with Crippen LogP contribution in [0.4, 0.5) is 0 Å². The second kappa shape index (κ2) is 12.5. The van der Waals surface area contributed by atoms with Gasteiger partial charge in [0.25, 0.3) is 0 Å². The van der Waals surface area contributed by atoms with Crippen molar-refractivity contribution >= 4 is 60.9 Å². The van der Waals surface area contributed by atoms with E-state index in [0.29, 0.717) is 5.92 Å². The third kappa shape index (κ3) is 4.99. The maximum Gasteiger partial charge on any atom is 0.159 e. The van der Waals surface area contributed by atoms with Gasteiger partial charge in [-0.05, 0) is 78.4 Å². The monoisotopic (exact) mass is 722 g/mol. The summed E-state index contributed by atoms with van der Waals surface area (Å²) < 4.78 is 4.73. The van der Waals surface area contributed by atoms with Gasteiger partial charge in [0.2, 0.25) is 0 Å². The zero-order valence-corrected chi connectivity index (χ0v) is 31.2. The first-order chi connectivity index (χ1) is 27.5. The molecule has 6 nitrogen and oxygen atoms in total. The first-order valence-corrected chi connectivity index (χ1v) is 19.3. The molecule has 2 atom stereocenters. The number of hydrogen-bond donors (Lipinski definition) is 1. The van der Waals surface area contributed by atoms with Gasteiger partial charge in [-0.15, -0.1) is 0 Å². The molecule has 11 rings (SSSR count). The van der Waals surface area contributed by atoms with E-state index in [1.807, 2.05) is 18.5 Å². The molecule has 6 heteroatoms. The molecule has 2 aliphatic rings. The summed E-state index contributed by atoms with van der Waals surface area (Å²) in [5, 5.41) is 8.62. The minimum atomic E-state index is -0.758. The molecule has 0 amide bonds. The van der Waals surface area contributed by atoms with E-state index in [2.05, 4.69) is 180 Å². The van der Waals surface area contributed by atoms with Crippen molar-refractivity contribution in [3.8, 4) is 11.4 Å². The molecular formula is C50H38N6. The Hall–Kier alpha value is -7.05. The number of nitrogens with zero attached hydrogens (tertiary/aromatic N) is 5. The van der Waals surface area contributed by atoms with Crippen molar-refractivity contribution in [2.24, 2.45) is 9.98 Å². The number of allylic oxidation sites excluding steroid dienone is 1. The number of hydrogen-bond acceptors (Lipinski definition) is 4. The third-order valence-corrected chi connectivity index (χ3v) is 11.7. The summed E-state index contributed by atoms with van der Waals surface area (Å²) in [4.78, 5) is 15.6. The minimum Gasteiger partial charge on any atom is -0.342 e. The van der Waals surface area contributed by atoms with Crippen LogP contribution in [0.15, 0.2) is 180 Å². The zero-order valence-electron chi connectivity index (χ0n) is 31.2. The lowest BCUT2D eigenvalue weighted by molar-refractivity contribution is 0.455. The molecule has 6 aromatic carbocycles. The highest BCUT2D eigenvalue weighted by molar-refractivity contribution is 6.28. The fourth-order valence-electron chi connectivity index (χ4n) is 8.95. The van der Waals surface area contributed by atoms with E-state index in [0.717, 1.165) is 62.7 Å². The molecule has 0 saturated heterocycles. The first kappa shape index (κ1) is 32.4. The number of pyridine rings is 1. The van der Waals surface area contributed by atoms with Crippen molar-refractivity contribution in [2.75, 3.05) is 0 Å². The van der Waals surface area contributed by atoms with Crippen LogP contribution in [-0.4, -0.2) is 25.8 Å². The molecule has 0 bridgehead atoms. The van der Waals surface area contributed by atoms with Crippen molar-refractivity contribution in [1.29, 1.82) is 0 Å². The van der Waals surface area contributed by atoms with E-state index < -0.39 is 5.66 Å². The lowest BCUT2D eigenvalue weighted by Crippen LogP contribution is -2.46. The van der Waals surface area contributed by atoms with Gasteiger partial charge in [0.05, 0.1) is 34.0 Å². The Morgan fingerprint density at radius 2 is 1.23 bits per heavy atom. The van der Waals surface area contributed by atoms with Gasteiger partial charge in [0.1, 0.15) is 5.84 Å². The van der Waals surface area contributed by atoms with E-state index in [4.69, 9.17) is 15.0 Å². The second-order valence-corrected chi connectivity index (χ2v) is 15.2. The highest BCUT2D eigenvalue weighted by Gasteiger charge is 2.34. The Bertz CT molecular complexity index is 3110. The van der Waals surface area contributed by atoms with Crippen LogP contribution in [0.2, 0.25) is 0 Å². The summed E-state index contributed by atoms with van der Waals surface area (Å²) in [7, 11) is 0. The Labute approximate surface area is 324 Å². The predicted octanol–water partition coefficient (Wildman–Crippen LogP) is 11.5. The Kier molecular flexibility index (Phi) is 7.23. The topological polar surface area (TPSA) is 59.5 Å². The Morgan fingerprint density at radius 3 is 1.96 bits per heavy atom. The van der Waals surface area contributed by atoms with Crippen LogP contribution in [0.25, 0.3) is 60.6 Å². The molecule has 9 aromatic rings. The predicted molar refractivity (Wildman–Crippen MR) is 231 cm³/mol. The molecule has 268 valence electrons. The van der Waals surface area contributed by atoms with Gasteiger partial charge >= 0.3 is 0 Å². The van der Waals surface area contributed by atoms with E-state index in [9.17, 15) is 0 Å². The van der Waals surface area contributed by atoms with Gasteiger partial charge < -0.3 is 14.5 Å². The van der Waals surface area contributed by atoms with Gasteiger partial charge in [-0.2, -0.15) is 0 Å². The summed E-state index contributed by atoms with van der Waals surface area (Å²) in [5.41, 5.74) is 11.5. The fourth-order valence-corrected chi connectivity index (χ4v) is 8.95. The van der Waals surface area contributed by atoms with Gasteiger partial charge in [-0.1, -0.05) is 122 Å². The van der Waals surface area contributed by atoms with E-state index in [1.165, 1.54) is 38.2 Å². The lowest BCUT2D eigenvalue weighted by Gasteiger charge is -2.34. The van der Waals surface area contributed by atoms with Gasteiger partial charge in [-0.25, -0.2) is 9.98 Å². The fraction of sp³-hybridized carbons (Fsp3) is 0.100. The number of para-hydroxylation sites is 3. The van der Waals surface area contributed by atoms with E-state index in [1.54, 1.807) is 0 Å². The van der Waals surface area contributed by atoms with Crippen molar-refractivity contribution in [3.05, 3.63) is 192 Å². The van der Waals surface area contributed by atoms with Gasteiger partial charge in [-0.3, -0.25) is 4.98 Å². The molecule has 1 aliphatic carbocycles. The van der Waals surface area contributed by atoms with E-state index in [-0.39, 0.29) is 0 Å². The van der Waals surface area contributed by atoms with Gasteiger partial charge in [0, 0.05) is 44.6 Å². The SMILES string of the molecule is CC1CC=C(C2=NC(C)(c3ccccc3)NC(c3cncc(-n4c5ccccc5c5cc6c7ccccc7n(-c7ccccc7)c6cc54)c3)=N2)c2ccccc21. The molecule has 1 N–H and O–H groups in total. The average molecular weight is 723 g/mol. The number of benzene rings is 6. The van der Waals surface area contributed by atoms with Crippen LogP contribution in [0.1, 0.15) is 48.4 Å². The van der Waals surface area contributed by atoms with Crippen molar-refractivity contribution in [2.45, 2.75) is 31.8 Å². The number of fused-ring (bicyclic) bond motifs is 7. The van der Waals surface area contributed by atoms with Gasteiger partial charge in [0.15, 0.2) is 11.5 Å². The molecular weight excluding hydrogens is 685 g/mol. The van der Waals surface area contributed by atoms with Crippen LogP contribution in [0.5, 0.6) is 0 Å². The van der Waals surface area contributed by atoms with Crippen LogP contribution in [-0.2, 0) is 5.66 Å². The highest BCUT2D eigenvalue weighted by Crippen LogP contribution is 2.41. The number of rotatable bonds is 5. The molecule has 3 aromatic heterocycles. The normalized spacial score (nSPS) is 18.1. The highest BCUT2D eigenvalue weighted by atomic mass is 15.2. The number of aliphatic imine (C=N–C) groups is 2. The van der Waals surface area contributed by atoms with Crippen molar-refractivity contribution < 1.29 is 0 Å². The molecule has 1 aliphatic heterocycles. The molecule has 2 unspecified atom stereocenters. The molecule has 0 spiro atoms. The lowest BCUT2D eigenvalue weighted by atomic mass is 9.83. The Morgan fingerprint density at radius 1 is 0.607 bits per heavy atom. The number of aromatic nitrogens is 3. The maximum absolute atomic E-state index is 5.36. The molecule has 0 saturated carbocycles. The Balaban J connectivity index is 1.12. The van der Waals surface area contributed by atoms with Crippen molar-refractivity contribution in [3.63, 3.8) is 0 Å². The molecule has 4 heterocycles. The summed E-state index contributed by atoms with van der Waals surface area (Å²) in [5.74, 6) is 1.89. The molecule has 0 radical (unpaired) electrons. The summed E-state index contributed by atoms with van der Waals surface area (Å²) in [6.45, 7) is 4.42. The minimum absolute atomic E-state index is 0.434. The average Bonchev–Trinajstić information content (AvgIpc) is 3.75. The standard InChI is InChI=1S/C50H38N6/c1-32-25-26-41(38-20-10-9-19-37(32)38)49-52-48(53-50(2,54-49)34-15-5-3-6-16-34)33-27-36(31-51-30-33)56-45-24-14-12-22-40(45)43-28-42-39-21-11-13-23-44(39)55(46(42)29-47(43)56)35-17-7-4-8-18-35/h3-24,26-32H,25H2,1-2H3,(H,52,53,54). The largest absolute Gasteiger partial charge is 0.342 e. The van der Waals surface area contributed by atoms with Crippen LogP contribution in [0.3, 0.4) is 0 Å². The second-order valence-electron chi connectivity index (χ2n) is 15.2. The molecule has 0 fully saturated rings. The first-order valence-electron chi connectivity index (χ1n) is 19.3. The quantitative estimate of drug-likeness (QED) is 0.192. The zero-order chi connectivity index (χ0) is 37.4. The third-order valence-electron chi connectivity index (χ3n) is 11.7. The number of amidine groups is 2. The van der Waals surface area contributed by atoms with Crippen LogP contribution in [0, 0.1) is 0 Å². The van der Waals surface area contributed by atoms with E-state index >= 15 is 0 Å². The van der Waals surface area contributed by atoms with Crippen molar-refractivity contribution in [1.82, 2.24) is 19.4 Å². The number of nitrogens with one attached hydrogen (secondary N) is 1. The summed E-state index contributed by atoms with van der Waals surface area (Å²) in [6.07, 6.45) is 7.12. The maximum atomic E-state index is 5.36. The van der Waals surface area contributed by atoms with Crippen LogP contribution >= 0.6 is 0 Å². The summed E-state index contributed by atoms with van der Waals surface area (Å²) >= 11 is 0. The smallest absolute Gasteiger partial charge is 0.159 e.